The standard InChI is InChI=1S/C12H20N2O5/c1-6(15)10(17)3-8-4-14-9(5-13-8)12(19)11(18)7(2)16/h4-7,10-12,15-19H,3H2,1-2H3/t6-,7-,10-,11+,12-/m1/s1. The van der Waals surface area contributed by atoms with Gasteiger partial charge >= 0.3 is 0 Å². The average Bonchev–Trinajstić information content (AvgIpc) is 2.37. The van der Waals surface area contributed by atoms with E-state index >= 15 is 0 Å². The maximum absolute atomic E-state index is 9.72. The lowest BCUT2D eigenvalue weighted by Gasteiger charge is -2.19. The van der Waals surface area contributed by atoms with Crippen molar-refractivity contribution in [2.24, 2.45) is 0 Å². The quantitative estimate of drug-likeness (QED) is 0.428. The SMILES string of the molecule is C[C@@H](O)[C@H](O)[C@H](O)c1cnc(C[C@@H](O)[C@@H](C)O)cn1. The molecule has 0 aromatic carbocycles. The zero-order valence-corrected chi connectivity index (χ0v) is 10.9. The van der Waals surface area contributed by atoms with Gasteiger partial charge in [0.2, 0.25) is 0 Å². The zero-order valence-electron chi connectivity index (χ0n) is 10.9. The second-order valence-electron chi connectivity index (χ2n) is 4.62. The van der Waals surface area contributed by atoms with Crippen molar-refractivity contribution in [2.45, 2.75) is 50.8 Å². The molecule has 5 atom stereocenters. The highest BCUT2D eigenvalue weighted by Gasteiger charge is 2.24. The summed E-state index contributed by atoms with van der Waals surface area (Å²) < 4.78 is 0. The lowest BCUT2D eigenvalue weighted by Crippen LogP contribution is -2.30. The maximum Gasteiger partial charge on any atom is 0.126 e. The zero-order chi connectivity index (χ0) is 14.6. The van der Waals surface area contributed by atoms with E-state index in [1.807, 2.05) is 0 Å². The Hall–Kier alpha value is -1.12. The molecule has 0 unspecified atom stereocenters. The number of aromatic nitrogens is 2. The van der Waals surface area contributed by atoms with Crippen LogP contribution in [-0.2, 0) is 6.42 Å². The van der Waals surface area contributed by atoms with Crippen molar-refractivity contribution in [3.05, 3.63) is 23.8 Å². The third kappa shape index (κ3) is 4.48. The summed E-state index contributed by atoms with van der Waals surface area (Å²) in [5, 5.41) is 47.0. The van der Waals surface area contributed by atoms with Gasteiger partial charge in [0.15, 0.2) is 0 Å². The van der Waals surface area contributed by atoms with E-state index in [2.05, 4.69) is 9.97 Å². The largest absolute Gasteiger partial charge is 0.391 e. The third-order valence-electron chi connectivity index (χ3n) is 2.82. The van der Waals surface area contributed by atoms with Crippen LogP contribution < -0.4 is 0 Å². The van der Waals surface area contributed by atoms with Crippen LogP contribution in [0.1, 0.15) is 31.3 Å². The Bertz CT molecular complexity index is 382. The van der Waals surface area contributed by atoms with Gasteiger partial charge in [-0.25, -0.2) is 0 Å². The van der Waals surface area contributed by atoms with Crippen molar-refractivity contribution in [3.8, 4) is 0 Å². The molecule has 7 heteroatoms. The van der Waals surface area contributed by atoms with Gasteiger partial charge in [-0.15, -0.1) is 0 Å². The molecule has 0 aliphatic carbocycles. The van der Waals surface area contributed by atoms with Crippen LogP contribution in [0.2, 0.25) is 0 Å². The molecule has 19 heavy (non-hydrogen) atoms. The van der Waals surface area contributed by atoms with Crippen LogP contribution in [-0.4, -0.2) is 59.9 Å². The van der Waals surface area contributed by atoms with Gasteiger partial charge in [0.25, 0.3) is 0 Å². The molecule has 108 valence electrons. The smallest absolute Gasteiger partial charge is 0.126 e. The fourth-order valence-electron chi connectivity index (χ4n) is 1.45. The Morgan fingerprint density at radius 3 is 2.00 bits per heavy atom. The maximum atomic E-state index is 9.72. The molecule has 1 aromatic heterocycles. The van der Waals surface area contributed by atoms with E-state index in [9.17, 15) is 15.3 Å². The van der Waals surface area contributed by atoms with Crippen LogP contribution in [0.5, 0.6) is 0 Å². The molecule has 0 spiro atoms. The van der Waals surface area contributed by atoms with E-state index in [0.29, 0.717) is 5.69 Å². The summed E-state index contributed by atoms with van der Waals surface area (Å²) in [5.41, 5.74) is 0.583. The fourth-order valence-corrected chi connectivity index (χ4v) is 1.45. The molecule has 7 nitrogen and oxygen atoms in total. The topological polar surface area (TPSA) is 127 Å². The molecule has 0 radical (unpaired) electrons. The molecule has 5 N–H and O–H groups in total. The molecule has 0 saturated heterocycles. The summed E-state index contributed by atoms with van der Waals surface area (Å²) in [5.74, 6) is 0. The van der Waals surface area contributed by atoms with Gasteiger partial charge in [-0.1, -0.05) is 0 Å². The number of hydrogen-bond acceptors (Lipinski definition) is 7. The predicted octanol–water partition coefficient (Wildman–Crippen LogP) is -1.46. The summed E-state index contributed by atoms with van der Waals surface area (Å²) >= 11 is 0. The average molecular weight is 272 g/mol. The first-order chi connectivity index (χ1) is 8.82. The molecule has 0 bridgehead atoms. The van der Waals surface area contributed by atoms with Gasteiger partial charge in [0, 0.05) is 12.6 Å². The van der Waals surface area contributed by atoms with Crippen molar-refractivity contribution >= 4 is 0 Å². The third-order valence-corrected chi connectivity index (χ3v) is 2.82. The van der Waals surface area contributed by atoms with Gasteiger partial charge in [0.05, 0.1) is 35.9 Å². The Balaban J connectivity index is 2.71. The Morgan fingerprint density at radius 2 is 1.58 bits per heavy atom. The fraction of sp³-hybridized carbons (Fsp3) is 0.667. The van der Waals surface area contributed by atoms with E-state index in [1.54, 1.807) is 0 Å². The van der Waals surface area contributed by atoms with Crippen LogP contribution in [0.3, 0.4) is 0 Å². The van der Waals surface area contributed by atoms with Crippen molar-refractivity contribution in [2.75, 3.05) is 0 Å². The second kappa shape index (κ2) is 6.88. The number of aliphatic hydroxyl groups is 5. The number of nitrogens with zero attached hydrogens (tertiary/aromatic N) is 2. The van der Waals surface area contributed by atoms with Gasteiger partial charge in [0.1, 0.15) is 12.2 Å². The van der Waals surface area contributed by atoms with Gasteiger partial charge in [-0.05, 0) is 13.8 Å². The predicted molar refractivity (Wildman–Crippen MR) is 66.1 cm³/mol. The minimum absolute atomic E-state index is 0.128. The normalized spacial score (nSPS) is 19.5. The summed E-state index contributed by atoms with van der Waals surface area (Å²) in [4.78, 5) is 7.90. The molecule has 0 saturated carbocycles. The minimum Gasteiger partial charge on any atom is -0.391 e. The minimum atomic E-state index is -1.34. The molecule has 1 rings (SSSR count). The summed E-state index contributed by atoms with van der Waals surface area (Å²) in [7, 11) is 0. The molecule has 0 fully saturated rings. The first kappa shape index (κ1) is 15.9. The van der Waals surface area contributed by atoms with E-state index in [4.69, 9.17) is 10.2 Å². The van der Waals surface area contributed by atoms with Crippen molar-refractivity contribution < 1.29 is 25.5 Å². The van der Waals surface area contributed by atoms with E-state index in [0.717, 1.165) is 0 Å². The van der Waals surface area contributed by atoms with Gasteiger partial charge in [-0.2, -0.15) is 0 Å². The van der Waals surface area contributed by atoms with Crippen molar-refractivity contribution in [1.29, 1.82) is 0 Å². The highest BCUT2D eigenvalue weighted by atomic mass is 16.4. The van der Waals surface area contributed by atoms with Crippen molar-refractivity contribution in [1.82, 2.24) is 9.97 Å². The number of hydrogen-bond donors (Lipinski definition) is 5. The highest BCUT2D eigenvalue weighted by Crippen LogP contribution is 2.16. The van der Waals surface area contributed by atoms with Crippen LogP contribution in [0, 0.1) is 0 Å². The van der Waals surface area contributed by atoms with Crippen molar-refractivity contribution in [3.63, 3.8) is 0 Å². The van der Waals surface area contributed by atoms with E-state index in [1.165, 1.54) is 26.2 Å². The molecular weight excluding hydrogens is 252 g/mol. The summed E-state index contributed by atoms with van der Waals surface area (Å²) in [6, 6.07) is 0. The molecule has 0 aliphatic rings. The highest BCUT2D eigenvalue weighted by molar-refractivity contribution is 5.07. The van der Waals surface area contributed by atoms with Gasteiger partial charge < -0.3 is 25.5 Å². The lowest BCUT2D eigenvalue weighted by molar-refractivity contribution is -0.0549. The van der Waals surface area contributed by atoms with Crippen LogP contribution in [0.25, 0.3) is 0 Å². The number of rotatable bonds is 6. The molecule has 0 aliphatic heterocycles. The summed E-state index contributed by atoms with van der Waals surface area (Å²) in [6.45, 7) is 2.82. The summed E-state index contributed by atoms with van der Waals surface area (Å²) in [6.07, 6.45) is -2.82. The molecule has 0 amide bonds. The van der Waals surface area contributed by atoms with Gasteiger partial charge in [-0.3, -0.25) is 9.97 Å². The van der Waals surface area contributed by atoms with E-state index < -0.39 is 30.5 Å². The first-order valence-corrected chi connectivity index (χ1v) is 6.04. The van der Waals surface area contributed by atoms with E-state index in [-0.39, 0.29) is 12.1 Å². The van der Waals surface area contributed by atoms with Crippen LogP contribution >= 0.6 is 0 Å². The number of aliphatic hydroxyl groups excluding tert-OH is 5. The molecule has 1 heterocycles. The van der Waals surface area contributed by atoms with Crippen LogP contribution in [0.15, 0.2) is 12.4 Å². The Morgan fingerprint density at radius 1 is 0.947 bits per heavy atom. The Labute approximate surface area is 111 Å². The van der Waals surface area contributed by atoms with Crippen LogP contribution in [0.4, 0.5) is 0 Å². The Kier molecular flexibility index (Phi) is 5.77. The first-order valence-electron chi connectivity index (χ1n) is 6.04. The molecule has 1 aromatic rings. The molecular formula is C12H20N2O5. The second-order valence-corrected chi connectivity index (χ2v) is 4.62. The lowest BCUT2D eigenvalue weighted by atomic mass is 10.1. The monoisotopic (exact) mass is 272 g/mol.